The van der Waals surface area contributed by atoms with Gasteiger partial charge in [0.2, 0.25) is 5.91 Å². The summed E-state index contributed by atoms with van der Waals surface area (Å²) in [6.07, 6.45) is 1.18. The van der Waals surface area contributed by atoms with Crippen LogP contribution in [0.4, 0.5) is 5.69 Å². The van der Waals surface area contributed by atoms with E-state index in [0.29, 0.717) is 12.1 Å². The molecule has 0 aliphatic carbocycles. The molecule has 0 atom stereocenters. The molecule has 0 saturated heterocycles. The highest BCUT2D eigenvalue weighted by Gasteiger charge is 2.11. The number of carbonyl (C=O) groups excluding carboxylic acids is 1. The van der Waals surface area contributed by atoms with Crippen molar-refractivity contribution in [3.63, 3.8) is 0 Å². The van der Waals surface area contributed by atoms with Gasteiger partial charge in [-0.05, 0) is 31.0 Å². The zero-order valence-corrected chi connectivity index (χ0v) is 11.8. The summed E-state index contributed by atoms with van der Waals surface area (Å²) < 4.78 is 0. The summed E-state index contributed by atoms with van der Waals surface area (Å²) in [6, 6.07) is 14.9. The number of phenols is 1. The summed E-state index contributed by atoms with van der Waals surface area (Å²) in [7, 11) is 1.73. The van der Waals surface area contributed by atoms with Crippen LogP contribution < -0.4 is 4.90 Å². The molecule has 2 aromatic carbocycles. The maximum atomic E-state index is 12.2. The van der Waals surface area contributed by atoms with Crippen molar-refractivity contribution in [2.24, 2.45) is 0 Å². The molecule has 3 nitrogen and oxygen atoms in total. The van der Waals surface area contributed by atoms with Crippen molar-refractivity contribution in [2.45, 2.75) is 19.8 Å². The van der Waals surface area contributed by atoms with E-state index >= 15 is 0 Å². The van der Waals surface area contributed by atoms with Crippen LogP contribution >= 0.6 is 0 Å². The van der Waals surface area contributed by atoms with Crippen molar-refractivity contribution < 1.29 is 9.90 Å². The molecule has 0 aliphatic rings. The monoisotopic (exact) mass is 269 g/mol. The first kappa shape index (κ1) is 14.1. The van der Waals surface area contributed by atoms with Crippen LogP contribution in [0.1, 0.15) is 17.5 Å². The molecule has 3 heteroatoms. The number of anilines is 1. The van der Waals surface area contributed by atoms with E-state index in [2.05, 4.69) is 6.07 Å². The minimum absolute atomic E-state index is 0.0390. The van der Waals surface area contributed by atoms with Crippen molar-refractivity contribution in [2.75, 3.05) is 11.9 Å². The molecule has 104 valence electrons. The van der Waals surface area contributed by atoms with Crippen molar-refractivity contribution in [1.29, 1.82) is 0 Å². The number of benzene rings is 2. The molecule has 0 spiro atoms. The Morgan fingerprint density at radius 2 is 1.90 bits per heavy atom. The fourth-order valence-corrected chi connectivity index (χ4v) is 2.13. The molecule has 0 unspecified atom stereocenters. The van der Waals surface area contributed by atoms with Crippen LogP contribution in [0.2, 0.25) is 0 Å². The first-order valence-corrected chi connectivity index (χ1v) is 6.67. The zero-order valence-electron chi connectivity index (χ0n) is 11.8. The number of nitrogens with zero attached hydrogens (tertiary/aromatic N) is 1. The molecular weight excluding hydrogens is 250 g/mol. The fourth-order valence-electron chi connectivity index (χ4n) is 2.13. The molecule has 0 bridgehead atoms. The van der Waals surface area contributed by atoms with Gasteiger partial charge < -0.3 is 10.0 Å². The molecule has 2 aromatic rings. The van der Waals surface area contributed by atoms with Gasteiger partial charge in [-0.25, -0.2) is 0 Å². The standard InChI is InChI=1S/C17H19NO2/c1-13-5-3-6-14(11-13)9-10-17(20)18(2)15-7-4-8-16(19)12-15/h3-8,11-12,19H,9-10H2,1-2H3. The number of rotatable bonds is 4. The number of aromatic hydroxyl groups is 1. The maximum absolute atomic E-state index is 12.2. The molecule has 0 aliphatic heterocycles. The van der Waals surface area contributed by atoms with Crippen LogP contribution in [0.25, 0.3) is 0 Å². The predicted octanol–water partition coefficient (Wildman–Crippen LogP) is 3.30. The quantitative estimate of drug-likeness (QED) is 0.925. The molecule has 0 radical (unpaired) electrons. The van der Waals surface area contributed by atoms with Crippen molar-refractivity contribution >= 4 is 11.6 Å². The third kappa shape index (κ3) is 3.60. The SMILES string of the molecule is Cc1cccc(CCC(=O)N(C)c2cccc(O)c2)c1. The van der Waals surface area contributed by atoms with Gasteiger partial charge >= 0.3 is 0 Å². The number of hydrogen-bond acceptors (Lipinski definition) is 2. The molecule has 1 N–H and O–H groups in total. The Hall–Kier alpha value is -2.29. The molecule has 20 heavy (non-hydrogen) atoms. The van der Waals surface area contributed by atoms with E-state index in [1.54, 1.807) is 30.1 Å². The first-order valence-electron chi connectivity index (χ1n) is 6.67. The Morgan fingerprint density at radius 1 is 1.15 bits per heavy atom. The lowest BCUT2D eigenvalue weighted by Crippen LogP contribution is -2.26. The summed E-state index contributed by atoms with van der Waals surface area (Å²) in [5, 5.41) is 9.44. The zero-order chi connectivity index (χ0) is 14.5. The smallest absolute Gasteiger partial charge is 0.227 e. The first-order chi connectivity index (χ1) is 9.56. The van der Waals surface area contributed by atoms with Gasteiger partial charge in [-0.2, -0.15) is 0 Å². The summed E-state index contributed by atoms with van der Waals surface area (Å²) in [6.45, 7) is 2.05. The fraction of sp³-hybridized carbons (Fsp3) is 0.235. The average molecular weight is 269 g/mol. The van der Waals surface area contributed by atoms with Gasteiger partial charge in [0.15, 0.2) is 0 Å². The second-order valence-corrected chi connectivity index (χ2v) is 4.96. The van der Waals surface area contributed by atoms with Crippen LogP contribution in [-0.2, 0) is 11.2 Å². The lowest BCUT2D eigenvalue weighted by molar-refractivity contribution is -0.118. The molecule has 1 amide bonds. The van der Waals surface area contributed by atoms with Gasteiger partial charge in [0, 0.05) is 25.2 Å². The highest BCUT2D eigenvalue weighted by molar-refractivity contribution is 5.93. The van der Waals surface area contributed by atoms with Crippen molar-refractivity contribution in [3.8, 4) is 5.75 Å². The van der Waals surface area contributed by atoms with Crippen LogP contribution in [0.15, 0.2) is 48.5 Å². The van der Waals surface area contributed by atoms with Gasteiger partial charge in [-0.1, -0.05) is 35.9 Å². The van der Waals surface area contributed by atoms with E-state index in [1.165, 1.54) is 11.1 Å². The maximum Gasteiger partial charge on any atom is 0.227 e. The van der Waals surface area contributed by atoms with Crippen molar-refractivity contribution in [3.05, 3.63) is 59.7 Å². The lowest BCUT2D eigenvalue weighted by Gasteiger charge is -2.17. The summed E-state index contributed by atoms with van der Waals surface area (Å²) in [5.41, 5.74) is 3.08. The minimum atomic E-state index is 0.0390. The average Bonchev–Trinajstić information content (AvgIpc) is 2.44. The van der Waals surface area contributed by atoms with Crippen LogP contribution in [0, 0.1) is 6.92 Å². The van der Waals surface area contributed by atoms with Gasteiger partial charge in [-0.3, -0.25) is 4.79 Å². The Morgan fingerprint density at radius 3 is 2.60 bits per heavy atom. The Balaban J connectivity index is 1.98. The Kier molecular flexibility index (Phi) is 4.41. The highest BCUT2D eigenvalue weighted by Crippen LogP contribution is 2.19. The highest BCUT2D eigenvalue weighted by atomic mass is 16.3. The minimum Gasteiger partial charge on any atom is -0.508 e. The van der Waals surface area contributed by atoms with E-state index in [-0.39, 0.29) is 11.7 Å². The molecule has 2 rings (SSSR count). The summed E-state index contributed by atoms with van der Waals surface area (Å²) in [5.74, 6) is 0.206. The Bertz CT molecular complexity index is 607. The van der Waals surface area contributed by atoms with Gasteiger partial charge in [0.05, 0.1) is 0 Å². The van der Waals surface area contributed by atoms with Crippen molar-refractivity contribution in [1.82, 2.24) is 0 Å². The Labute approximate surface area is 119 Å². The molecule has 0 aromatic heterocycles. The number of carbonyl (C=O) groups is 1. The van der Waals surface area contributed by atoms with Gasteiger partial charge in [-0.15, -0.1) is 0 Å². The molecule has 0 saturated carbocycles. The number of amides is 1. The van der Waals surface area contributed by atoms with Gasteiger partial charge in [0.1, 0.15) is 5.75 Å². The predicted molar refractivity (Wildman–Crippen MR) is 81.0 cm³/mol. The largest absolute Gasteiger partial charge is 0.508 e. The van der Waals surface area contributed by atoms with E-state index in [4.69, 9.17) is 0 Å². The summed E-state index contributed by atoms with van der Waals surface area (Å²) >= 11 is 0. The second kappa shape index (κ2) is 6.24. The number of hydrogen-bond donors (Lipinski definition) is 1. The van der Waals surface area contributed by atoms with E-state index in [0.717, 1.165) is 6.42 Å². The van der Waals surface area contributed by atoms with E-state index in [9.17, 15) is 9.90 Å². The third-order valence-corrected chi connectivity index (χ3v) is 3.30. The lowest BCUT2D eigenvalue weighted by atomic mass is 10.1. The third-order valence-electron chi connectivity index (χ3n) is 3.30. The molecule has 0 heterocycles. The van der Waals surface area contributed by atoms with E-state index in [1.807, 2.05) is 31.2 Å². The van der Waals surface area contributed by atoms with E-state index < -0.39 is 0 Å². The molecular formula is C17H19NO2. The summed E-state index contributed by atoms with van der Waals surface area (Å²) in [4.78, 5) is 13.7. The van der Waals surface area contributed by atoms with Crippen LogP contribution in [-0.4, -0.2) is 18.1 Å². The number of phenolic OH excluding ortho intramolecular Hbond substituents is 1. The topological polar surface area (TPSA) is 40.5 Å². The van der Waals surface area contributed by atoms with Crippen LogP contribution in [0.5, 0.6) is 5.75 Å². The molecule has 0 fully saturated rings. The van der Waals surface area contributed by atoms with Crippen LogP contribution in [0.3, 0.4) is 0 Å². The normalized spacial score (nSPS) is 10.3. The number of aryl methyl sites for hydroxylation is 2. The van der Waals surface area contributed by atoms with Gasteiger partial charge in [0.25, 0.3) is 0 Å². The second-order valence-electron chi connectivity index (χ2n) is 4.96.